The molecule has 0 saturated carbocycles. The van der Waals surface area contributed by atoms with Gasteiger partial charge in [-0.1, -0.05) is 19.1 Å². The first-order valence-corrected chi connectivity index (χ1v) is 9.05. The molecule has 25 heavy (non-hydrogen) atoms. The molecule has 2 atom stereocenters. The highest BCUT2D eigenvalue weighted by Crippen LogP contribution is 2.31. The van der Waals surface area contributed by atoms with E-state index in [4.69, 9.17) is 10.00 Å². The third kappa shape index (κ3) is 3.56. The standard InChI is InChI=1S/C20H27N3O2/c1-15-13-23(14-18(15)22-7-9-25-10-8-22)19(24)20(2,3)17-6-4-5-16(11-17)12-21/h4-6,11,15,18H,7-10,13-14H2,1-3H3/t15-,18-/m0/s1. The number of hydrogen-bond donors (Lipinski definition) is 0. The molecule has 2 saturated heterocycles. The van der Waals surface area contributed by atoms with E-state index in [1.807, 2.05) is 36.9 Å². The number of nitrogens with zero attached hydrogens (tertiary/aromatic N) is 3. The Morgan fingerprint density at radius 1 is 1.28 bits per heavy atom. The van der Waals surface area contributed by atoms with E-state index in [0.717, 1.165) is 45.0 Å². The minimum Gasteiger partial charge on any atom is -0.379 e. The van der Waals surface area contributed by atoms with Crippen molar-refractivity contribution in [2.75, 3.05) is 39.4 Å². The van der Waals surface area contributed by atoms with E-state index < -0.39 is 5.41 Å². The Kier molecular flexibility index (Phi) is 5.12. The van der Waals surface area contributed by atoms with Crippen LogP contribution in [-0.4, -0.2) is 61.1 Å². The number of benzene rings is 1. The molecule has 2 fully saturated rings. The largest absolute Gasteiger partial charge is 0.379 e. The minimum absolute atomic E-state index is 0.144. The third-order valence-corrected chi connectivity index (χ3v) is 5.62. The van der Waals surface area contributed by atoms with Crippen molar-refractivity contribution in [3.05, 3.63) is 35.4 Å². The first kappa shape index (κ1) is 17.9. The van der Waals surface area contributed by atoms with Crippen molar-refractivity contribution in [1.29, 1.82) is 5.26 Å². The maximum absolute atomic E-state index is 13.2. The van der Waals surface area contributed by atoms with E-state index in [2.05, 4.69) is 17.9 Å². The van der Waals surface area contributed by atoms with Crippen LogP contribution in [0.3, 0.4) is 0 Å². The summed E-state index contributed by atoms with van der Waals surface area (Å²) in [6.45, 7) is 11.2. The molecule has 5 heteroatoms. The molecule has 3 rings (SSSR count). The lowest BCUT2D eigenvalue weighted by molar-refractivity contribution is -0.135. The fourth-order valence-corrected chi connectivity index (χ4v) is 4.00. The molecule has 134 valence electrons. The number of carbonyl (C=O) groups excluding carboxylic acids is 1. The van der Waals surface area contributed by atoms with Crippen LogP contribution in [0, 0.1) is 17.2 Å². The van der Waals surface area contributed by atoms with Gasteiger partial charge >= 0.3 is 0 Å². The van der Waals surface area contributed by atoms with Gasteiger partial charge in [0.2, 0.25) is 5.91 Å². The van der Waals surface area contributed by atoms with Gasteiger partial charge in [0, 0.05) is 32.2 Å². The van der Waals surface area contributed by atoms with Crippen molar-refractivity contribution in [2.24, 2.45) is 5.92 Å². The Hall–Kier alpha value is -1.90. The van der Waals surface area contributed by atoms with Gasteiger partial charge in [0.05, 0.1) is 30.3 Å². The first-order chi connectivity index (χ1) is 11.9. The zero-order valence-corrected chi connectivity index (χ0v) is 15.4. The second kappa shape index (κ2) is 7.15. The highest BCUT2D eigenvalue weighted by molar-refractivity contribution is 5.87. The fourth-order valence-electron chi connectivity index (χ4n) is 4.00. The maximum atomic E-state index is 13.2. The van der Waals surface area contributed by atoms with Crippen LogP contribution in [0.15, 0.2) is 24.3 Å². The second-order valence-electron chi connectivity index (χ2n) is 7.72. The Morgan fingerprint density at radius 3 is 2.68 bits per heavy atom. The van der Waals surface area contributed by atoms with Gasteiger partial charge in [-0.05, 0) is 37.5 Å². The highest BCUT2D eigenvalue weighted by atomic mass is 16.5. The molecule has 0 radical (unpaired) electrons. The number of amides is 1. The molecular formula is C20H27N3O2. The molecule has 2 aliphatic heterocycles. The molecule has 0 N–H and O–H groups in total. The SMILES string of the molecule is C[C@H]1CN(C(=O)C(C)(C)c2cccc(C#N)c2)C[C@@H]1N1CCOCC1. The Balaban J connectivity index is 1.74. The average molecular weight is 341 g/mol. The number of likely N-dealkylation sites (tertiary alicyclic amines) is 1. The number of ether oxygens (including phenoxy) is 1. The van der Waals surface area contributed by atoms with Crippen LogP contribution in [0.2, 0.25) is 0 Å². The van der Waals surface area contributed by atoms with Gasteiger partial charge in [0.25, 0.3) is 0 Å². The summed E-state index contributed by atoms with van der Waals surface area (Å²) in [5, 5.41) is 9.13. The molecule has 2 heterocycles. The zero-order chi connectivity index (χ0) is 18.0. The molecular weight excluding hydrogens is 314 g/mol. The number of morpholine rings is 1. The van der Waals surface area contributed by atoms with Crippen molar-refractivity contribution in [3.63, 3.8) is 0 Å². The summed E-state index contributed by atoms with van der Waals surface area (Å²) in [7, 11) is 0. The average Bonchev–Trinajstić information content (AvgIpc) is 3.03. The van der Waals surface area contributed by atoms with Gasteiger partial charge < -0.3 is 9.64 Å². The Labute approximate surface area is 150 Å². The molecule has 5 nitrogen and oxygen atoms in total. The topological polar surface area (TPSA) is 56.6 Å². The van der Waals surface area contributed by atoms with E-state index in [9.17, 15) is 4.79 Å². The van der Waals surface area contributed by atoms with Crippen molar-refractivity contribution in [2.45, 2.75) is 32.2 Å². The van der Waals surface area contributed by atoms with Crippen LogP contribution in [0.1, 0.15) is 31.9 Å². The zero-order valence-electron chi connectivity index (χ0n) is 15.4. The van der Waals surface area contributed by atoms with Crippen LogP contribution in [-0.2, 0) is 14.9 Å². The normalized spacial score (nSPS) is 25.0. The number of hydrogen-bond acceptors (Lipinski definition) is 4. The molecule has 0 unspecified atom stereocenters. The second-order valence-corrected chi connectivity index (χ2v) is 7.72. The molecule has 1 amide bonds. The van der Waals surface area contributed by atoms with E-state index in [0.29, 0.717) is 17.5 Å². The lowest BCUT2D eigenvalue weighted by atomic mass is 9.82. The fraction of sp³-hybridized carbons (Fsp3) is 0.600. The lowest BCUT2D eigenvalue weighted by Gasteiger charge is -2.34. The van der Waals surface area contributed by atoms with Gasteiger partial charge in [0.1, 0.15) is 0 Å². The predicted octanol–water partition coefficient (Wildman–Crippen LogP) is 2.01. The molecule has 2 aliphatic rings. The molecule has 0 aliphatic carbocycles. The Bertz CT molecular complexity index is 674. The van der Waals surface area contributed by atoms with Crippen molar-refractivity contribution in [3.8, 4) is 6.07 Å². The van der Waals surface area contributed by atoms with Crippen molar-refractivity contribution >= 4 is 5.91 Å². The summed E-state index contributed by atoms with van der Waals surface area (Å²) in [6.07, 6.45) is 0. The summed E-state index contributed by atoms with van der Waals surface area (Å²) in [5.41, 5.74) is 0.866. The Morgan fingerprint density at radius 2 is 2.00 bits per heavy atom. The first-order valence-electron chi connectivity index (χ1n) is 9.05. The van der Waals surface area contributed by atoms with Gasteiger partial charge in [-0.3, -0.25) is 9.69 Å². The van der Waals surface area contributed by atoms with Crippen LogP contribution >= 0.6 is 0 Å². The summed E-state index contributed by atoms with van der Waals surface area (Å²) in [4.78, 5) is 17.7. The van der Waals surface area contributed by atoms with Gasteiger partial charge in [-0.15, -0.1) is 0 Å². The van der Waals surface area contributed by atoms with Crippen molar-refractivity contribution < 1.29 is 9.53 Å². The van der Waals surface area contributed by atoms with E-state index in [1.165, 1.54) is 0 Å². The quantitative estimate of drug-likeness (QED) is 0.844. The van der Waals surface area contributed by atoms with Crippen LogP contribution in [0.4, 0.5) is 0 Å². The summed E-state index contributed by atoms with van der Waals surface area (Å²) in [6, 6.07) is 9.97. The van der Waals surface area contributed by atoms with Gasteiger partial charge in [0.15, 0.2) is 0 Å². The summed E-state index contributed by atoms with van der Waals surface area (Å²) >= 11 is 0. The van der Waals surface area contributed by atoms with E-state index in [1.54, 1.807) is 6.07 Å². The van der Waals surface area contributed by atoms with Gasteiger partial charge in [-0.25, -0.2) is 0 Å². The molecule has 0 aromatic heterocycles. The van der Waals surface area contributed by atoms with Gasteiger partial charge in [-0.2, -0.15) is 5.26 Å². The van der Waals surface area contributed by atoms with Crippen LogP contribution < -0.4 is 0 Å². The summed E-state index contributed by atoms with van der Waals surface area (Å²) < 4.78 is 5.45. The lowest BCUT2D eigenvalue weighted by Crippen LogP contribution is -2.48. The highest BCUT2D eigenvalue weighted by Gasteiger charge is 2.41. The maximum Gasteiger partial charge on any atom is 0.232 e. The molecule has 1 aromatic carbocycles. The van der Waals surface area contributed by atoms with Crippen molar-refractivity contribution in [1.82, 2.24) is 9.80 Å². The summed E-state index contributed by atoms with van der Waals surface area (Å²) in [5.74, 6) is 0.605. The monoisotopic (exact) mass is 341 g/mol. The number of carbonyl (C=O) groups is 1. The number of rotatable bonds is 3. The minimum atomic E-state index is -0.632. The molecule has 0 spiro atoms. The van der Waals surface area contributed by atoms with Crippen LogP contribution in [0.5, 0.6) is 0 Å². The molecule has 1 aromatic rings. The predicted molar refractivity (Wildman–Crippen MR) is 96.1 cm³/mol. The van der Waals surface area contributed by atoms with E-state index >= 15 is 0 Å². The smallest absolute Gasteiger partial charge is 0.232 e. The number of nitriles is 1. The van der Waals surface area contributed by atoms with E-state index in [-0.39, 0.29) is 5.91 Å². The third-order valence-electron chi connectivity index (χ3n) is 5.62. The molecule has 0 bridgehead atoms. The van der Waals surface area contributed by atoms with Crippen LogP contribution in [0.25, 0.3) is 0 Å².